The van der Waals surface area contributed by atoms with E-state index in [1.807, 2.05) is 30.3 Å². The first-order valence-electron chi connectivity index (χ1n) is 12.8. The third-order valence-electron chi connectivity index (χ3n) is 7.12. The van der Waals surface area contributed by atoms with Crippen LogP contribution >= 0.6 is 0 Å². The molecule has 0 amide bonds. The standard InChI is InChI=1S/C29H32N6O3/c1-29(19-21-6-3-2-4-7-21)20-30-15-17-34(29)27(24-8-5-9-25(36)18-24)22-10-12-23(13-11-22)28-31-33-35(32-28)16-14-26(37)38/h2-13,18,27,30,36H,14-17,19-20H2,1H3,(H,37,38). The van der Waals surface area contributed by atoms with Gasteiger partial charge in [-0.2, -0.15) is 4.80 Å². The molecule has 9 nitrogen and oxygen atoms in total. The lowest BCUT2D eigenvalue weighted by atomic mass is 9.84. The van der Waals surface area contributed by atoms with Crippen LogP contribution in [-0.4, -0.2) is 66.5 Å². The number of carbonyl (C=O) groups is 1. The predicted octanol–water partition coefficient (Wildman–Crippen LogP) is 3.52. The maximum absolute atomic E-state index is 10.9. The lowest BCUT2D eigenvalue weighted by molar-refractivity contribution is -0.137. The van der Waals surface area contributed by atoms with Gasteiger partial charge < -0.3 is 15.5 Å². The summed E-state index contributed by atoms with van der Waals surface area (Å²) in [4.78, 5) is 14.7. The smallest absolute Gasteiger partial charge is 0.305 e. The van der Waals surface area contributed by atoms with Gasteiger partial charge in [0, 0.05) is 30.7 Å². The highest BCUT2D eigenvalue weighted by molar-refractivity contribution is 5.66. The second-order valence-corrected chi connectivity index (χ2v) is 10.0. The highest BCUT2D eigenvalue weighted by atomic mass is 16.4. The lowest BCUT2D eigenvalue weighted by Crippen LogP contribution is -2.61. The largest absolute Gasteiger partial charge is 0.508 e. The number of carboxylic acids is 1. The number of phenolic OH excluding ortho intramolecular Hbond substituents is 1. The number of benzene rings is 3. The van der Waals surface area contributed by atoms with Gasteiger partial charge in [0.25, 0.3) is 0 Å². The number of tetrazole rings is 1. The molecule has 2 heterocycles. The van der Waals surface area contributed by atoms with Crippen LogP contribution in [0.1, 0.15) is 36.1 Å². The van der Waals surface area contributed by atoms with Crippen LogP contribution in [0.3, 0.4) is 0 Å². The molecule has 196 valence electrons. The molecule has 0 radical (unpaired) electrons. The highest BCUT2D eigenvalue weighted by Crippen LogP contribution is 2.38. The minimum atomic E-state index is -0.904. The van der Waals surface area contributed by atoms with Crippen LogP contribution in [0.15, 0.2) is 78.9 Å². The van der Waals surface area contributed by atoms with Gasteiger partial charge in [-0.3, -0.25) is 9.69 Å². The number of rotatable bonds is 9. The zero-order valence-electron chi connectivity index (χ0n) is 21.4. The van der Waals surface area contributed by atoms with Crippen LogP contribution in [-0.2, 0) is 17.8 Å². The SMILES string of the molecule is CC1(Cc2ccccc2)CNCCN1C(c1ccc(-c2nnn(CCC(=O)O)n2)cc1)c1cccc(O)c1. The Labute approximate surface area is 221 Å². The Morgan fingerprint density at radius 3 is 2.58 bits per heavy atom. The molecule has 5 rings (SSSR count). The Bertz CT molecular complexity index is 1370. The van der Waals surface area contributed by atoms with Gasteiger partial charge in [-0.15, -0.1) is 10.2 Å². The fraction of sp³-hybridized carbons (Fsp3) is 0.310. The number of hydrogen-bond donors (Lipinski definition) is 3. The number of aromatic nitrogens is 4. The first-order chi connectivity index (χ1) is 18.4. The van der Waals surface area contributed by atoms with Crippen molar-refractivity contribution in [3.63, 3.8) is 0 Å². The van der Waals surface area contributed by atoms with E-state index in [0.29, 0.717) is 5.82 Å². The average Bonchev–Trinajstić information content (AvgIpc) is 3.39. The molecule has 1 aliphatic heterocycles. The number of carboxylic acid groups (broad SMARTS) is 1. The summed E-state index contributed by atoms with van der Waals surface area (Å²) in [6, 6.07) is 26.1. The van der Waals surface area contributed by atoms with E-state index >= 15 is 0 Å². The third-order valence-corrected chi connectivity index (χ3v) is 7.12. The van der Waals surface area contributed by atoms with Gasteiger partial charge in [-0.25, -0.2) is 0 Å². The van der Waals surface area contributed by atoms with Crippen LogP contribution in [0.4, 0.5) is 0 Å². The van der Waals surface area contributed by atoms with Gasteiger partial charge >= 0.3 is 5.97 Å². The van der Waals surface area contributed by atoms with Gasteiger partial charge in [-0.1, -0.05) is 66.7 Å². The Morgan fingerprint density at radius 1 is 1.05 bits per heavy atom. The normalized spacial score (nSPS) is 18.8. The summed E-state index contributed by atoms with van der Waals surface area (Å²) < 4.78 is 0. The van der Waals surface area contributed by atoms with Crippen molar-refractivity contribution in [3.05, 3.63) is 95.6 Å². The maximum Gasteiger partial charge on any atom is 0.305 e. The number of phenols is 1. The summed E-state index contributed by atoms with van der Waals surface area (Å²) in [5, 5.41) is 35.3. The van der Waals surface area contributed by atoms with E-state index < -0.39 is 5.97 Å². The molecule has 0 aliphatic carbocycles. The van der Waals surface area contributed by atoms with E-state index in [-0.39, 0.29) is 30.3 Å². The van der Waals surface area contributed by atoms with E-state index in [2.05, 4.69) is 75.0 Å². The summed E-state index contributed by atoms with van der Waals surface area (Å²) in [6.07, 6.45) is 0.824. The van der Waals surface area contributed by atoms with Crippen molar-refractivity contribution in [3.8, 4) is 17.1 Å². The number of nitrogens with zero attached hydrogens (tertiary/aromatic N) is 5. The van der Waals surface area contributed by atoms with Crippen LogP contribution in [0, 0.1) is 0 Å². The van der Waals surface area contributed by atoms with Crippen molar-refractivity contribution in [2.45, 2.75) is 37.9 Å². The monoisotopic (exact) mass is 512 g/mol. The first-order valence-corrected chi connectivity index (χ1v) is 12.8. The van der Waals surface area contributed by atoms with Crippen molar-refractivity contribution in [2.75, 3.05) is 19.6 Å². The highest BCUT2D eigenvalue weighted by Gasteiger charge is 2.40. The Kier molecular flexibility index (Phi) is 7.48. The van der Waals surface area contributed by atoms with Gasteiger partial charge in [0.2, 0.25) is 5.82 Å². The summed E-state index contributed by atoms with van der Waals surface area (Å²) in [5.74, 6) is -0.212. The summed E-state index contributed by atoms with van der Waals surface area (Å²) >= 11 is 0. The fourth-order valence-corrected chi connectivity index (χ4v) is 5.28. The third kappa shape index (κ3) is 5.74. The summed E-state index contributed by atoms with van der Waals surface area (Å²) in [7, 11) is 0. The fourth-order valence-electron chi connectivity index (χ4n) is 5.28. The van der Waals surface area contributed by atoms with Gasteiger partial charge in [-0.05, 0) is 47.4 Å². The molecule has 1 aromatic heterocycles. The zero-order chi connectivity index (χ0) is 26.5. The number of nitrogens with one attached hydrogen (secondary N) is 1. The zero-order valence-corrected chi connectivity index (χ0v) is 21.4. The van der Waals surface area contributed by atoms with Crippen molar-refractivity contribution < 1.29 is 15.0 Å². The average molecular weight is 513 g/mol. The molecule has 1 aliphatic rings. The van der Waals surface area contributed by atoms with Crippen LogP contribution in [0.5, 0.6) is 5.75 Å². The number of aromatic hydroxyl groups is 1. The summed E-state index contributed by atoms with van der Waals surface area (Å²) in [5.41, 5.74) is 4.04. The maximum atomic E-state index is 10.9. The van der Waals surface area contributed by atoms with Crippen molar-refractivity contribution in [1.82, 2.24) is 30.4 Å². The summed E-state index contributed by atoms with van der Waals surface area (Å²) in [6.45, 7) is 5.04. The van der Waals surface area contributed by atoms with E-state index in [4.69, 9.17) is 5.11 Å². The topological polar surface area (TPSA) is 116 Å². The number of aryl methyl sites for hydroxylation is 1. The first kappa shape index (κ1) is 25.6. The Hall–Kier alpha value is -4.08. The van der Waals surface area contributed by atoms with E-state index in [1.165, 1.54) is 10.4 Å². The molecule has 2 atom stereocenters. The lowest BCUT2D eigenvalue weighted by Gasteiger charge is -2.50. The van der Waals surface area contributed by atoms with E-state index in [1.54, 1.807) is 6.07 Å². The van der Waals surface area contributed by atoms with Gasteiger partial charge in [0.05, 0.1) is 19.0 Å². The molecule has 3 aromatic carbocycles. The molecule has 1 fully saturated rings. The molecule has 4 aromatic rings. The molecule has 2 unspecified atom stereocenters. The van der Waals surface area contributed by atoms with Crippen molar-refractivity contribution in [2.24, 2.45) is 0 Å². The van der Waals surface area contributed by atoms with Crippen LogP contribution in [0.25, 0.3) is 11.4 Å². The molecule has 0 saturated carbocycles. The minimum Gasteiger partial charge on any atom is -0.508 e. The van der Waals surface area contributed by atoms with E-state index in [0.717, 1.165) is 42.7 Å². The molecular weight excluding hydrogens is 480 g/mol. The van der Waals surface area contributed by atoms with Gasteiger partial charge in [0.1, 0.15) is 5.75 Å². The second-order valence-electron chi connectivity index (χ2n) is 10.0. The molecular formula is C29H32N6O3. The molecule has 38 heavy (non-hydrogen) atoms. The number of aliphatic carboxylic acids is 1. The van der Waals surface area contributed by atoms with Crippen molar-refractivity contribution in [1.29, 1.82) is 0 Å². The molecule has 0 spiro atoms. The minimum absolute atomic E-state index is 0.0627. The van der Waals surface area contributed by atoms with Crippen LogP contribution in [0.2, 0.25) is 0 Å². The number of piperazine rings is 1. The molecule has 3 N–H and O–H groups in total. The van der Waals surface area contributed by atoms with Crippen molar-refractivity contribution >= 4 is 5.97 Å². The molecule has 9 heteroatoms. The predicted molar refractivity (Wildman–Crippen MR) is 144 cm³/mol. The Balaban J connectivity index is 1.48. The van der Waals surface area contributed by atoms with Crippen LogP contribution < -0.4 is 5.32 Å². The van der Waals surface area contributed by atoms with E-state index in [9.17, 15) is 9.90 Å². The van der Waals surface area contributed by atoms with Gasteiger partial charge in [0.15, 0.2) is 0 Å². The Morgan fingerprint density at radius 2 is 1.84 bits per heavy atom. The quantitative estimate of drug-likeness (QED) is 0.312. The number of hydrogen-bond acceptors (Lipinski definition) is 7. The molecule has 1 saturated heterocycles. The molecule has 0 bridgehead atoms. The second kappa shape index (κ2) is 11.1.